The van der Waals surface area contributed by atoms with Crippen molar-refractivity contribution in [2.75, 3.05) is 6.54 Å². The number of rotatable bonds is 3. The molecule has 0 bridgehead atoms. The average Bonchev–Trinajstić information content (AvgIpc) is 2.43. The van der Waals surface area contributed by atoms with Crippen molar-refractivity contribution in [3.8, 4) is 0 Å². The van der Waals surface area contributed by atoms with Gasteiger partial charge in [-0.2, -0.15) is 4.31 Å². The first-order chi connectivity index (χ1) is 9.77. The molecule has 2 amide bonds. The molecule has 3 N–H and O–H groups in total. The highest BCUT2D eigenvalue weighted by atomic mass is 32.2. The number of nitrogens with zero attached hydrogens (tertiary/aromatic N) is 1. The number of nitrogens with two attached hydrogens (primary N) is 1. The molecule has 0 spiro atoms. The van der Waals surface area contributed by atoms with Crippen molar-refractivity contribution in [2.24, 2.45) is 5.73 Å². The Balaban J connectivity index is 2.51. The number of sulfonamides is 1. The molecule has 8 heteroatoms. The summed E-state index contributed by atoms with van der Waals surface area (Å²) in [5.74, 6) is -1.25. The summed E-state index contributed by atoms with van der Waals surface area (Å²) in [5, 5.41) is 2.12. The lowest BCUT2D eigenvalue weighted by Gasteiger charge is -2.31. The van der Waals surface area contributed by atoms with E-state index in [1.54, 1.807) is 19.1 Å². The minimum Gasteiger partial charge on any atom is -0.326 e. The van der Waals surface area contributed by atoms with E-state index in [4.69, 9.17) is 5.73 Å². The van der Waals surface area contributed by atoms with E-state index in [2.05, 4.69) is 5.32 Å². The van der Waals surface area contributed by atoms with E-state index in [1.165, 1.54) is 13.0 Å². The maximum absolute atomic E-state index is 12.7. The summed E-state index contributed by atoms with van der Waals surface area (Å²) < 4.78 is 26.4. The first kappa shape index (κ1) is 15.6. The molecule has 0 aliphatic carbocycles. The molecule has 0 aromatic heterocycles. The van der Waals surface area contributed by atoms with Gasteiger partial charge in [0.15, 0.2) is 0 Å². The number of carbonyl (C=O) groups excluding carboxylic acids is 2. The third-order valence-corrected chi connectivity index (χ3v) is 5.51. The maximum Gasteiger partial charge on any atom is 0.244 e. The fourth-order valence-electron chi connectivity index (χ4n) is 2.16. The molecule has 1 unspecified atom stereocenters. The normalized spacial score (nSPS) is 20.4. The van der Waals surface area contributed by atoms with Gasteiger partial charge in [0.2, 0.25) is 21.8 Å². The van der Waals surface area contributed by atoms with Gasteiger partial charge in [0.1, 0.15) is 6.04 Å². The molecular weight excluding hydrogens is 294 g/mol. The van der Waals surface area contributed by atoms with Gasteiger partial charge in [0.25, 0.3) is 0 Å². The molecular formula is C13H17N3O4S. The Labute approximate surface area is 123 Å². The Morgan fingerprint density at radius 1 is 1.38 bits per heavy atom. The van der Waals surface area contributed by atoms with Gasteiger partial charge in [0.05, 0.1) is 11.4 Å². The fourth-order valence-corrected chi connectivity index (χ4v) is 3.99. The van der Waals surface area contributed by atoms with Gasteiger partial charge in [-0.25, -0.2) is 8.42 Å². The zero-order valence-electron chi connectivity index (χ0n) is 11.8. The van der Waals surface area contributed by atoms with Crippen LogP contribution in [0.5, 0.6) is 0 Å². The number of carbonyl (C=O) groups is 2. The van der Waals surface area contributed by atoms with Gasteiger partial charge in [-0.05, 0) is 31.0 Å². The van der Waals surface area contributed by atoms with Gasteiger partial charge in [-0.3, -0.25) is 14.9 Å². The molecule has 1 aromatic rings. The van der Waals surface area contributed by atoms with E-state index in [0.29, 0.717) is 11.1 Å². The lowest BCUT2D eigenvalue weighted by molar-refractivity contribution is -0.136. The highest BCUT2D eigenvalue weighted by molar-refractivity contribution is 7.89. The van der Waals surface area contributed by atoms with Crippen LogP contribution in [0.15, 0.2) is 23.1 Å². The van der Waals surface area contributed by atoms with Crippen LogP contribution in [0.3, 0.4) is 0 Å². The first-order valence-corrected chi connectivity index (χ1v) is 7.86. The van der Waals surface area contributed by atoms with E-state index < -0.39 is 27.9 Å². The molecule has 114 valence electrons. The number of benzene rings is 1. The van der Waals surface area contributed by atoms with Crippen LogP contribution in [0.4, 0.5) is 0 Å². The summed E-state index contributed by atoms with van der Waals surface area (Å²) in [7, 11) is -3.94. The molecule has 1 aliphatic rings. The van der Waals surface area contributed by atoms with Gasteiger partial charge < -0.3 is 5.73 Å². The number of amides is 2. The van der Waals surface area contributed by atoms with Gasteiger partial charge in [-0.15, -0.1) is 0 Å². The van der Waals surface area contributed by atoms with Gasteiger partial charge >= 0.3 is 0 Å². The van der Waals surface area contributed by atoms with Crippen molar-refractivity contribution in [3.63, 3.8) is 0 Å². The summed E-state index contributed by atoms with van der Waals surface area (Å²) in [6.45, 7) is 2.93. The SMILES string of the molecule is Cc1ccc(CN)cc1S(=O)(=O)N1CC(=O)NC(=O)C1C. The van der Waals surface area contributed by atoms with Crippen LogP contribution in [0.25, 0.3) is 0 Å². The smallest absolute Gasteiger partial charge is 0.244 e. The molecule has 1 fully saturated rings. The molecule has 0 radical (unpaired) electrons. The van der Waals surface area contributed by atoms with Crippen LogP contribution < -0.4 is 11.1 Å². The average molecular weight is 311 g/mol. The van der Waals surface area contributed by atoms with Gasteiger partial charge in [0, 0.05) is 6.54 Å². The number of imide groups is 1. The Bertz CT molecular complexity index is 699. The third-order valence-electron chi connectivity index (χ3n) is 3.45. The van der Waals surface area contributed by atoms with E-state index in [0.717, 1.165) is 4.31 Å². The minimum absolute atomic E-state index is 0.0693. The van der Waals surface area contributed by atoms with E-state index in [-0.39, 0.29) is 18.0 Å². The topological polar surface area (TPSA) is 110 Å². The zero-order chi connectivity index (χ0) is 15.8. The molecule has 1 saturated heterocycles. The van der Waals surface area contributed by atoms with Crippen molar-refractivity contribution >= 4 is 21.8 Å². The Morgan fingerprint density at radius 3 is 2.67 bits per heavy atom. The van der Waals surface area contributed by atoms with E-state index in [1.807, 2.05) is 0 Å². The first-order valence-electron chi connectivity index (χ1n) is 6.42. The molecule has 0 saturated carbocycles. The summed E-state index contributed by atoms with van der Waals surface area (Å²) >= 11 is 0. The number of hydrogen-bond donors (Lipinski definition) is 2. The highest BCUT2D eigenvalue weighted by Gasteiger charge is 2.39. The number of hydrogen-bond acceptors (Lipinski definition) is 5. The third kappa shape index (κ3) is 2.82. The number of aryl methyl sites for hydroxylation is 1. The molecule has 21 heavy (non-hydrogen) atoms. The van der Waals surface area contributed by atoms with Crippen molar-refractivity contribution in [2.45, 2.75) is 31.3 Å². The highest BCUT2D eigenvalue weighted by Crippen LogP contribution is 2.24. The second-order valence-electron chi connectivity index (χ2n) is 4.94. The molecule has 1 aliphatic heterocycles. The van der Waals surface area contributed by atoms with Crippen LogP contribution in [-0.4, -0.2) is 37.1 Å². The number of nitrogens with one attached hydrogen (secondary N) is 1. The zero-order valence-corrected chi connectivity index (χ0v) is 12.6. The van der Waals surface area contributed by atoms with Crippen LogP contribution in [0.2, 0.25) is 0 Å². The Kier molecular flexibility index (Phi) is 4.13. The maximum atomic E-state index is 12.7. The molecule has 1 aromatic carbocycles. The lowest BCUT2D eigenvalue weighted by atomic mass is 10.1. The second-order valence-corrected chi connectivity index (χ2v) is 6.80. The summed E-state index contributed by atoms with van der Waals surface area (Å²) in [6, 6.07) is 3.94. The quantitative estimate of drug-likeness (QED) is 0.731. The predicted octanol–water partition coefficient (Wildman–Crippen LogP) is -0.511. The van der Waals surface area contributed by atoms with Crippen molar-refractivity contribution in [1.29, 1.82) is 0 Å². The summed E-state index contributed by atoms with van der Waals surface area (Å²) in [5.41, 5.74) is 6.74. The molecule has 1 heterocycles. The minimum atomic E-state index is -3.94. The van der Waals surface area contributed by atoms with Crippen molar-refractivity contribution in [3.05, 3.63) is 29.3 Å². The van der Waals surface area contributed by atoms with Crippen LogP contribution in [-0.2, 0) is 26.2 Å². The Hall–Kier alpha value is -1.77. The lowest BCUT2D eigenvalue weighted by Crippen LogP contribution is -2.58. The molecule has 7 nitrogen and oxygen atoms in total. The van der Waals surface area contributed by atoms with E-state index >= 15 is 0 Å². The van der Waals surface area contributed by atoms with Crippen molar-refractivity contribution < 1.29 is 18.0 Å². The Morgan fingerprint density at radius 2 is 2.05 bits per heavy atom. The standard InChI is InChI=1S/C13H17N3O4S/c1-8-3-4-10(6-14)5-11(8)21(19,20)16-7-12(17)15-13(18)9(16)2/h3-5,9H,6-7,14H2,1-2H3,(H,15,17,18). The summed E-state index contributed by atoms with van der Waals surface area (Å²) in [4.78, 5) is 23.2. The largest absolute Gasteiger partial charge is 0.326 e. The summed E-state index contributed by atoms with van der Waals surface area (Å²) in [6.07, 6.45) is 0. The van der Waals surface area contributed by atoms with Crippen LogP contribution in [0, 0.1) is 6.92 Å². The van der Waals surface area contributed by atoms with E-state index in [9.17, 15) is 18.0 Å². The molecule has 1 atom stereocenters. The fraction of sp³-hybridized carbons (Fsp3) is 0.385. The second kappa shape index (κ2) is 5.55. The van der Waals surface area contributed by atoms with Gasteiger partial charge in [-0.1, -0.05) is 12.1 Å². The monoisotopic (exact) mass is 311 g/mol. The van der Waals surface area contributed by atoms with Crippen LogP contribution >= 0.6 is 0 Å². The number of piperazine rings is 1. The van der Waals surface area contributed by atoms with Crippen LogP contribution in [0.1, 0.15) is 18.1 Å². The predicted molar refractivity (Wildman–Crippen MR) is 75.6 cm³/mol. The molecule has 2 rings (SSSR count). The van der Waals surface area contributed by atoms with Crippen molar-refractivity contribution in [1.82, 2.24) is 9.62 Å².